The Bertz CT molecular complexity index is 487. The molecule has 17 heavy (non-hydrogen) atoms. The summed E-state index contributed by atoms with van der Waals surface area (Å²) in [4.78, 5) is 0. The average Bonchev–Trinajstić information content (AvgIpc) is 2.86. The van der Waals surface area contributed by atoms with E-state index in [9.17, 15) is 4.39 Å². The van der Waals surface area contributed by atoms with E-state index in [-0.39, 0.29) is 5.82 Å². The number of nitrogens with two attached hydrogens (primary N) is 1. The van der Waals surface area contributed by atoms with Gasteiger partial charge in [-0.05, 0) is 34.5 Å². The molecule has 0 aliphatic heterocycles. The summed E-state index contributed by atoms with van der Waals surface area (Å²) in [6.07, 6.45) is 0. The fourth-order valence-corrected chi connectivity index (χ4v) is 2.45. The Morgan fingerprint density at radius 3 is 2.82 bits per heavy atom. The Balaban J connectivity index is 2.50. The smallest absolute Gasteiger partial charge is 0.132 e. The van der Waals surface area contributed by atoms with E-state index in [2.05, 4.69) is 5.43 Å². The molecule has 0 saturated heterocycles. The summed E-state index contributed by atoms with van der Waals surface area (Å²) in [5.74, 6) is 5.67. The van der Waals surface area contributed by atoms with Crippen molar-refractivity contribution in [3.05, 3.63) is 52.0 Å². The van der Waals surface area contributed by atoms with Crippen molar-refractivity contribution in [1.82, 2.24) is 5.43 Å². The highest BCUT2D eigenvalue weighted by Gasteiger charge is 2.21. The molecule has 90 valence electrons. The molecule has 5 heteroatoms. The highest BCUT2D eigenvalue weighted by atomic mass is 32.1. The lowest BCUT2D eigenvalue weighted by molar-refractivity contribution is 0.397. The largest absolute Gasteiger partial charge is 0.496 e. The van der Waals surface area contributed by atoms with Gasteiger partial charge in [0, 0.05) is 0 Å². The first-order valence-corrected chi connectivity index (χ1v) is 6.02. The summed E-state index contributed by atoms with van der Waals surface area (Å²) in [5, 5.41) is 3.85. The Labute approximate surface area is 103 Å². The number of hydrogen-bond acceptors (Lipinski definition) is 4. The molecule has 3 nitrogen and oxygen atoms in total. The first-order valence-electron chi connectivity index (χ1n) is 5.08. The first kappa shape index (κ1) is 12.0. The van der Waals surface area contributed by atoms with Crippen molar-refractivity contribution in [2.45, 2.75) is 6.04 Å². The molecule has 1 atom stereocenters. The van der Waals surface area contributed by atoms with Crippen molar-refractivity contribution in [2.75, 3.05) is 7.11 Å². The summed E-state index contributed by atoms with van der Waals surface area (Å²) in [6, 6.07) is 6.22. The number of ether oxygens (including phenoxy) is 1. The number of nitrogens with one attached hydrogen (secondary N) is 1. The second-order valence-electron chi connectivity index (χ2n) is 3.51. The van der Waals surface area contributed by atoms with Gasteiger partial charge in [0.1, 0.15) is 11.6 Å². The van der Waals surface area contributed by atoms with Gasteiger partial charge < -0.3 is 4.74 Å². The van der Waals surface area contributed by atoms with Gasteiger partial charge in [-0.15, -0.1) is 0 Å². The average molecular weight is 252 g/mol. The van der Waals surface area contributed by atoms with Crippen LogP contribution >= 0.6 is 11.3 Å². The van der Waals surface area contributed by atoms with Crippen LogP contribution in [0.3, 0.4) is 0 Å². The van der Waals surface area contributed by atoms with Crippen molar-refractivity contribution in [3.8, 4) is 5.75 Å². The van der Waals surface area contributed by atoms with Crippen molar-refractivity contribution >= 4 is 11.3 Å². The Hall–Kier alpha value is -1.43. The third-order valence-corrected chi connectivity index (χ3v) is 3.27. The highest BCUT2D eigenvalue weighted by Crippen LogP contribution is 2.32. The van der Waals surface area contributed by atoms with Crippen molar-refractivity contribution in [2.24, 2.45) is 5.84 Å². The minimum Gasteiger partial charge on any atom is -0.496 e. The standard InChI is InChI=1S/C12H13FN2OS/c1-16-10-4-2-3-9(13)11(10)12(15-14)8-5-6-17-7-8/h2-7,12,15H,14H2,1H3. The number of halogens is 1. The second-order valence-corrected chi connectivity index (χ2v) is 4.29. The van der Waals surface area contributed by atoms with Gasteiger partial charge in [-0.3, -0.25) is 5.84 Å². The van der Waals surface area contributed by atoms with Crippen LogP contribution in [0, 0.1) is 5.82 Å². The molecule has 0 aliphatic carbocycles. The van der Waals surface area contributed by atoms with Crippen LogP contribution in [-0.4, -0.2) is 7.11 Å². The molecule has 0 radical (unpaired) electrons. The zero-order valence-electron chi connectivity index (χ0n) is 9.31. The molecule has 0 spiro atoms. The van der Waals surface area contributed by atoms with Gasteiger partial charge in [-0.1, -0.05) is 6.07 Å². The van der Waals surface area contributed by atoms with Crippen LogP contribution in [0.1, 0.15) is 17.2 Å². The van der Waals surface area contributed by atoms with E-state index in [1.807, 2.05) is 16.8 Å². The maximum atomic E-state index is 13.9. The minimum absolute atomic E-state index is 0.335. The molecule has 1 aromatic heterocycles. The van der Waals surface area contributed by atoms with E-state index in [0.29, 0.717) is 11.3 Å². The number of methoxy groups -OCH3 is 1. The van der Waals surface area contributed by atoms with Crippen LogP contribution in [0.25, 0.3) is 0 Å². The predicted molar refractivity (Wildman–Crippen MR) is 66.4 cm³/mol. The van der Waals surface area contributed by atoms with Gasteiger partial charge in [-0.2, -0.15) is 11.3 Å². The molecule has 3 N–H and O–H groups in total. The summed E-state index contributed by atoms with van der Waals surface area (Å²) in [5.41, 5.74) is 3.97. The van der Waals surface area contributed by atoms with Gasteiger partial charge in [0.05, 0.1) is 18.7 Å². The predicted octanol–water partition coefficient (Wildman–Crippen LogP) is 2.45. The Kier molecular flexibility index (Phi) is 3.73. The van der Waals surface area contributed by atoms with E-state index in [0.717, 1.165) is 5.56 Å². The monoisotopic (exact) mass is 252 g/mol. The van der Waals surface area contributed by atoms with E-state index in [4.69, 9.17) is 10.6 Å². The van der Waals surface area contributed by atoms with E-state index in [1.165, 1.54) is 24.5 Å². The van der Waals surface area contributed by atoms with Gasteiger partial charge in [0.25, 0.3) is 0 Å². The van der Waals surface area contributed by atoms with Crippen LogP contribution in [0.5, 0.6) is 5.75 Å². The zero-order chi connectivity index (χ0) is 12.3. The molecule has 2 rings (SSSR count). The van der Waals surface area contributed by atoms with Crippen LogP contribution in [0.4, 0.5) is 4.39 Å². The van der Waals surface area contributed by atoms with Crippen molar-refractivity contribution in [1.29, 1.82) is 0 Å². The number of rotatable bonds is 4. The van der Waals surface area contributed by atoms with Gasteiger partial charge in [0.15, 0.2) is 0 Å². The molecular weight excluding hydrogens is 239 g/mol. The summed E-state index contributed by atoms with van der Waals surface area (Å²) in [6.45, 7) is 0. The Morgan fingerprint density at radius 2 is 2.24 bits per heavy atom. The molecule has 1 aromatic carbocycles. The van der Waals surface area contributed by atoms with Gasteiger partial charge >= 0.3 is 0 Å². The van der Waals surface area contributed by atoms with Crippen LogP contribution in [0.15, 0.2) is 35.0 Å². The van der Waals surface area contributed by atoms with Crippen LogP contribution in [0.2, 0.25) is 0 Å². The topological polar surface area (TPSA) is 47.3 Å². The molecule has 0 fully saturated rings. The summed E-state index contributed by atoms with van der Waals surface area (Å²) < 4.78 is 19.1. The number of hydrazine groups is 1. The third-order valence-electron chi connectivity index (χ3n) is 2.56. The van der Waals surface area contributed by atoms with Crippen molar-refractivity contribution in [3.63, 3.8) is 0 Å². The van der Waals surface area contributed by atoms with Gasteiger partial charge in [-0.25, -0.2) is 9.82 Å². The molecule has 0 aliphatic rings. The first-order chi connectivity index (χ1) is 8.27. The summed E-state index contributed by atoms with van der Waals surface area (Å²) in [7, 11) is 1.51. The molecular formula is C12H13FN2OS. The quantitative estimate of drug-likeness (QED) is 0.649. The normalized spacial score (nSPS) is 12.4. The lowest BCUT2D eigenvalue weighted by Gasteiger charge is -2.18. The fourth-order valence-electron chi connectivity index (χ4n) is 1.76. The van der Waals surface area contributed by atoms with E-state index in [1.54, 1.807) is 12.1 Å². The highest BCUT2D eigenvalue weighted by molar-refractivity contribution is 7.08. The Morgan fingerprint density at radius 1 is 1.41 bits per heavy atom. The molecule has 0 amide bonds. The van der Waals surface area contributed by atoms with Gasteiger partial charge in [0.2, 0.25) is 0 Å². The van der Waals surface area contributed by atoms with E-state index >= 15 is 0 Å². The van der Waals surface area contributed by atoms with Crippen LogP contribution in [-0.2, 0) is 0 Å². The maximum absolute atomic E-state index is 13.9. The summed E-state index contributed by atoms with van der Waals surface area (Å²) >= 11 is 1.54. The molecule has 1 heterocycles. The lowest BCUT2D eigenvalue weighted by Crippen LogP contribution is -2.29. The molecule has 0 saturated carbocycles. The maximum Gasteiger partial charge on any atom is 0.132 e. The molecule has 0 bridgehead atoms. The zero-order valence-corrected chi connectivity index (χ0v) is 10.1. The minimum atomic E-state index is -0.405. The number of thiophene rings is 1. The number of hydrogen-bond donors (Lipinski definition) is 2. The third kappa shape index (κ3) is 2.31. The SMILES string of the molecule is COc1cccc(F)c1C(NN)c1ccsc1. The van der Waals surface area contributed by atoms with E-state index < -0.39 is 6.04 Å². The number of benzene rings is 1. The fraction of sp³-hybridized carbons (Fsp3) is 0.167. The van der Waals surface area contributed by atoms with Crippen LogP contribution < -0.4 is 16.0 Å². The van der Waals surface area contributed by atoms with Crippen molar-refractivity contribution < 1.29 is 9.13 Å². The lowest BCUT2D eigenvalue weighted by atomic mass is 10.0. The second kappa shape index (κ2) is 5.27. The molecule has 1 unspecified atom stereocenters. The molecule has 2 aromatic rings.